The SMILES string of the molecule is CN(CC(=O)NC1CC1)C(=O)COc1cccc([N+](=O)[O-])c1. The number of amides is 2. The Balaban J connectivity index is 1.79. The molecule has 0 aromatic heterocycles. The minimum atomic E-state index is -0.539. The number of non-ortho nitro benzene ring substituents is 1. The van der Waals surface area contributed by atoms with E-state index in [9.17, 15) is 19.7 Å². The molecule has 0 saturated heterocycles. The van der Waals surface area contributed by atoms with Crippen molar-refractivity contribution in [3.05, 3.63) is 34.4 Å². The number of carbonyl (C=O) groups excluding carboxylic acids is 2. The normalized spacial score (nSPS) is 13.3. The number of benzene rings is 1. The van der Waals surface area contributed by atoms with Crippen molar-refractivity contribution in [3.63, 3.8) is 0 Å². The average Bonchev–Trinajstić information content (AvgIpc) is 3.28. The zero-order valence-electron chi connectivity index (χ0n) is 12.2. The number of nitro groups is 1. The van der Waals surface area contributed by atoms with Crippen LogP contribution < -0.4 is 10.1 Å². The first-order chi connectivity index (χ1) is 10.5. The van der Waals surface area contributed by atoms with Gasteiger partial charge in [-0.25, -0.2) is 0 Å². The third-order valence-corrected chi connectivity index (χ3v) is 3.14. The fourth-order valence-electron chi connectivity index (χ4n) is 1.75. The minimum Gasteiger partial charge on any atom is -0.484 e. The molecule has 118 valence electrons. The van der Waals surface area contributed by atoms with E-state index < -0.39 is 4.92 Å². The fraction of sp³-hybridized carbons (Fsp3) is 0.429. The Morgan fingerprint density at radius 1 is 1.45 bits per heavy atom. The Hall–Kier alpha value is -2.64. The van der Waals surface area contributed by atoms with Crippen LogP contribution >= 0.6 is 0 Å². The summed E-state index contributed by atoms with van der Waals surface area (Å²) in [6, 6.07) is 5.83. The smallest absolute Gasteiger partial charge is 0.273 e. The molecular weight excluding hydrogens is 290 g/mol. The van der Waals surface area contributed by atoms with E-state index in [1.807, 2.05) is 0 Å². The maximum absolute atomic E-state index is 11.9. The highest BCUT2D eigenvalue weighted by molar-refractivity contribution is 5.85. The van der Waals surface area contributed by atoms with E-state index in [1.54, 1.807) is 0 Å². The van der Waals surface area contributed by atoms with E-state index in [4.69, 9.17) is 4.74 Å². The van der Waals surface area contributed by atoms with E-state index in [0.717, 1.165) is 12.8 Å². The molecule has 0 bridgehead atoms. The van der Waals surface area contributed by atoms with Crippen molar-refractivity contribution in [2.45, 2.75) is 18.9 Å². The Bertz CT molecular complexity index is 586. The molecule has 2 rings (SSSR count). The van der Waals surface area contributed by atoms with Crippen LogP contribution in [0, 0.1) is 10.1 Å². The second kappa shape index (κ2) is 6.88. The summed E-state index contributed by atoms with van der Waals surface area (Å²) in [6.45, 7) is -0.317. The lowest BCUT2D eigenvalue weighted by molar-refractivity contribution is -0.384. The lowest BCUT2D eigenvalue weighted by atomic mass is 10.3. The molecule has 8 nitrogen and oxygen atoms in total. The average molecular weight is 307 g/mol. The number of nitrogens with zero attached hydrogens (tertiary/aromatic N) is 2. The number of ether oxygens (including phenoxy) is 1. The third-order valence-electron chi connectivity index (χ3n) is 3.14. The van der Waals surface area contributed by atoms with Crippen molar-refractivity contribution in [2.24, 2.45) is 0 Å². The van der Waals surface area contributed by atoms with E-state index >= 15 is 0 Å². The maximum atomic E-state index is 11.9. The Kier molecular flexibility index (Phi) is 4.92. The molecule has 1 aromatic rings. The first-order valence-corrected chi connectivity index (χ1v) is 6.86. The number of nitro benzene ring substituents is 1. The number of hydrogen-bond acceptors (Lipinski definition) is 5. The van der Waals surface area contributed by atoms with Crippen molar-refractivity contribution < 1.29 is 19.2 Å². The standard InChI is InChI=1S/C14H17N3O5/c1-16(8-13(18)15-10-5-6-10)14(19)9-22-12-4-2-3-11(7-12)17(20)21/h2-4,7,10H,5-6,8-9H2,1H3,(H,15,18). The first-order valence-electron chi connectivity index (χ1n) is 6.86. The van der Waals surface area contributed by atoms with E-state index in [1.165, 1.54) is 36.2 Å². The molecule has 8 heteroatoms. The van der Waals surface area contributed by atoms with Crippen LogP contribution in [0.3, 0.4) is 0 Å². The van der Waals surface area contributed by atoms with Crippen molar-refractivity contribution in [1.29, 1.82) is 0 Å². The van der Waals surface area contributed by atoms with Gasteiger partial charge in [0.1, 0.15) is 5.75 Å². The summed E-state index contributed by atoms with van der Waals surface area (Å²) in [5, 5.41) is 13.4. The molecular formula is C14H17N3O5. The minimum absolute atomic E-state index is 0.0341. The monoisotopic (exact) mass is 307 g/mol. The van der Waals surface area contributed by atoms with Gasteiger partial charge in [0.2, 0.25) is 5.91 Å². The van der Waals surface area contributed by atoms with Gasteiger partial charge in [-0.15, -0.1) is 0 Å². The topological polar surface area (TPSA) is 102 Å². The summed E-state index contributed by atoms with van der Waals surface area (Å²) in [7, 11) is 1.51. The molecule has 1 saturated carbocycles. The summed E-state index contributed by atoms with van der Waals surface area (Å²) >= 11 is 0. The van der Waals surface area contributed by atoms with Crippen LogP contribution in [0.15, 0.2) is 24.3 Å². The van der Waals surface area contributed by atoms with Gasteiger partial charge in [-0.2, -0.15) is 0 Å². The third kappa shape index (κ3) is 4.72. The second-order valence-corrected chi connectivity index (χ2v) is 5.13. The van der Waals surface area contributed by atoms with Gasteiger partial charge in [0.05, 0.1) is 17.5 Å². The van der Waals surface area contributed by atoms with Crippen LogP contribution in [0.5, 0.6) is 5.75 Å². The van der Waals surface area contributed by atoms with Gasteiger partial charge < -0.3 is 15.0 Å². The molecule has 0 atom stereocenters. The molecule has 1 aliphatic rings. The summed E-state index contributed by atoms with van der Waals surface area (Å²) in [5.41, 5.74) is -0.109. The van der Waals surface area contributed by atoms with Gasteiger partial charge in [-0.05, 0) is 18.9 Å². The van der Waals surface area contributed by atoms with Crippen molar-refractivity contribution >= 4 is 17.5 Å². The second-order valence-electron chi connectivity index (χ2n) is 5.13. The van der Waals surface area contributed by atoms with Gasteiger partial charge in [0.15, 0.2) is 6.61 Å². The lowest BCUT2D eigenvalue weighted by Gasteiger charge is -2.17. The van der Waals surface area contributed by atoms with Gasteiger partial charge in [0, 0.05) is 19.2 Å². The van der Waals surface area contributed by atoms with Crippen LogP contribution in [0.1, 0.15) is 12.8 Å². The highest BCUT2D eigenvalue weighted by atomic mass is 16.6. The van der Waals surface area contributed by atoms with Crippen LogP contribution in [0.4, 0.5) is 5.69 Å². The Morgan fingerprint density at radius 3 is 2.82 bits per heavy atom. The maximum Gasteiger partial charge on any atom is 0.273 e. The predicted molar refractivity (Wildman–Crippen MR) is 77.4 cm³/mol. The predicted octanol–water partition coefficient (Wildman–Crippen LogP) is 0.711. The zero-order valence-corrected chi connectivity index (χ0v) is 12.2. The molecule has 1 aromatic carbocycles. The summed E-state index contributed by atoms with van der Waals surface area (Å²) in [4.78, 5) is 34.8. The number of nitrogens with one attached hydrogen (secondary N) is 1. The molecule has 0 heterocycles. The van der Waals surface area contributed by atoms with E-state index in [-0.39, 0.29) is 42.4 Å². The Labute approximate surface area is 127 Å². The van der Waals surface area contributed by atoms with Gasteiger partial charge in [-0.3, -0.25) is 19.7 Å². The first kappa shape index (κ1) is 15.7. The highest BCUT2D eigenvalue weighted by Crippen LogP contribution is 2.19. The number of rotatable bonds is 7. The number of likely N-dealkylation sites (N-methyl/N-ethyl adjacent to an activating group) is 1. The van der Waals surface area contributed by atoms with Crippen LogP contribution in [0.25, 0.3) is 0 Å². The summed E-state index contributed by atoms with van der Waals surface area (Å²) < 4.78 is 5.23. The van der Waals surface area contributed by atoms with E-state index in [2.05, 4.69) is 5.32 Å². The summed E-state index contributed by atoms with van der Waals surface area (Å²) in [5.74, 6) is -0.343. The molecule has 0 spiro atoms. The zero-order chi connectivity index (χ0) is 16.1. The van der Waals surface area contributed by atoms with Crippen molar-refractivity contribution in [2.75, 3.05) is 20.2 Å². The molecule has 1 fully saturated rings. The van der Waals surface area contributed by atoms with Crippen LogP contribution in [0.2, 0.25) is 0 Å². The lowest BCUT2D eigenvalue weighted by Crippen LogP contribution is -2.40. The van der Waals surface area contributed by atoms with Gasteiger partial charge in [-0.1, -0.05) is 6.07 Å². The largest absolute Gasteiger partial charge is 0.484 e. The molecule has 1 aliphatic carbocycles. The molecule has 1 N–H and O–H groups in total. The van der Waals surface area contributed by atoms with Crippen molar-refractivity contribution in [3.8, 4) is 5.75 Å². The molecule has 0 aliphatic heterocycles. The summed E-state index contributed by atoms with van der Waals surface area (Å²) in [6.07, 6.45) is 1.97. The quantitative estimate of drug-likeness (QED) is 0.590. The molecule has 2 amide bonds. The van der Waals surface area contributed by atoms with Gasteiger partial charge >= 0.3 is 0 Å². The molecule has 0 unspecified atom stereocenters. The van der Waals surface area contributed by atoms with Crippen LogP contribution in [-0.4, -0.2) is 47.9 Å². The molecule has 22 heavy (non-hydrogen) atoms. The highest BCUT2D eigenvalue weighted by Gasteiger charge is 2.24. The fourth-order valence-corrected chi connectivity index (χ4v) is 1.75. The van der Waals surface area contributed by atoms with E-state index in [0.29, 0.717) is 0 Å². The van der Waals surface area contributed by atoms with Gasteiger partial charge in [0.25, 0.3) is 11.6 Å². The van der Waals surface area contributed by atoms with Crippen LogP contribution in [-0.2, 0) is 9.59 Å². The Morgan fingerprint density at radius 2 is 2.18 bits per heavy atom. The number of hydrogen-bond donors (Lipinski definition) is 1. The number of carbonyl (C=O) groups is 2. The van der Waals surface area contributed by atoms with Crippen molar-refractivity contribution in [1.82, 2.24) is 10.2 Å². The molecule has 0 radical (unpaired) electrons.